The molecule has 0 saturated heterocycles. The lowest BCUT2D eigenvalue weighted by molar-refractivity contribution is -0.141. The van der Waals surface area contributed by atoms with Crippen LogP contribution in [0.15, 0.2) is 42.5 Å². The molecule has 8 heteroatoms. The summed E-state index contributed by atoms with van der Waals surface area (Å²) < 4.78 is 16.6. The Balaban J connectivity index is 2.28. The SMILES string of the molecule is CCOc1cc(C(Nc2ccc(C(=N)N)cc2)C(=O)OC)ccc1OCCN(C)C. The molecule has 0 saturated carbocycles. The molecule has 4 N–H and O–H groups in total. The number of ether oxygens (including phenoxy) is 3. The van der Waals surface area contributed by atoms with E-state index in [2.05, 4.69) is 5.32 Å². The van der Waals surface area contributed by atoms with Gasteiger partial charge in [0, 0.05) is 17.8 Å². The van der Waals surface area contributed by atoms with Crippen molar-refractivity contribution in [1.82, 2.24) is 4.90 Å². The predicted octanol–water partition coefficient (Wildman–Crippen LogP) is 2.64. The van der Waals surface area contributed by atoms with Crippen LogP contribution < -0.4 is 20.5 Å². The van der Waals surface area contributed by atoms with E-state index in [4.69, 9.17) is 25.4 Å². The van der Waals surface area contributed by atoms with Crippen LogP contribution in [0.4, 0.5) is 5.69 Å². The lowest BCUT2D eigenvalue weighted by atomic mass is 10.1. The molecule has 0 fully saturated rings. The van der Waals surface area contributed by atoms with Crippen molar-refractivity contribution >= 4 is 17.5 Å². The van der Waals surface area contributed by atoms with Crippen molar-refractivity contribution in [1.29, 1.82) is 5.41 Å². The second kappa shape index (κ2) is 11.1. The minimum absolute atomic E-state index is 0.0164. The van der Waals surface area contributed by atoms with Gasteiger partial charge in [-0.2, -0.15) is 0 Å². The molecule has 0 amide bonds. The average molecular weight is 415 g/mol. The summed E-state index contributed by atoms with van der Waals surface area (Å²) in [6.45, 7) is 3.66. The van der Waals surface area contributed by atoms with Crippen molar-refractivity contribution in [2.45, 2.75) is 13.0 Å². The number of anilines is 1. The summed E-state index contributed by atoms with van der Waals surface area (Å²) in [6.07, 6.45) is 0. The van der Waals surface area contributed by atoms with Crippen molar-refractivity contribution in [2.75, 3.05) is 46.3 Å². The van der Waals surface area contributed by atoms with Gasteiger partial charge in [-0.25, -0.2) is 4.79 Å². The fourth-order valence-corrected chi connectivity index (χ4v) is 2.74. The third-order valence-corrected chi connectivity index (χ3v) is 4.34. The average Bonchev–Trinajstić information content (AvgIpc) is 2.72. The second-order valence-electron chi connectivity index (χ2n) is 6.88. The van der Waals surface area contributed by atoms with E-state index >= 15 is 0 Å². The van der Waals surface area contributed by atoms with E-state index < -0.39 is 12.0 Å². The van der Waals surface area contributed by atoms with Crippen LogP contribution in [-0.2, 0) is 9.53 Å². The Morgan fingerprint density at radius 1 is 1.13 bits per heavy atom. The van der Waals surface area contributed by atoms with Gasteiger partial charge in [0.05, 0.1) is 13.7 Å². The highest BCUT2D eigenvalue weighted by Gasteiger charge is 2.23. The Labute approximate surface area is 177 Å². The highest BCUT2D eigenvalue weighted by atomic mass is 16.5. The predicted molar refractivity (Wildman–Crippen MR) is 117 cm³/mol. The van der Waals surface area contributed by atoms with Crippen LogP contribution in [-0.4, -0.2) is 57.7 Å². The van der Waals surface area contributed by atoms with Crippen LogP contribution >= 0.6 is 0 Å². The maximum absolute atomic E-state index is 12.5. The summed E-state index contributed by atoms with van der Waals surface area (Å²) in [5, 5.41) is 10.7. The monoisotopic (exact) mass is 414 g/mol. The number of methoxy groups -OCH3 is 1. The molecule has 2 aromatic rings. The van der Waals surface area contributed by atoms with Gasteiger partial charge >= 0.3 is 5.97 Å². The van der Waals surface area contributed by atoms with E-state index in [1.54, 1.807) is 36.4 Å². The summed E-state index contributed by atoms with van der Waals surface area (Å²) >= 11 is 0. The van der Waals surface area contributed by atoms with Crippen molar-refractivity contribution in [2.24, 2.45) is 5.73 Å². The molecule has 0 aromatic heterocycles. The number of hydrogen-bond acceptors (Lipinski definition) is 7. The van der Waals surface area contributed by atoms with E-state index in [0.717, 1.165) is 6.54 Å². The lowest BCUT2D eigenvalue weighted by Gasteiger charge is -2.20. The molecular weight excluding hydrogens is 384 g/mol. The molecule has 2 aromatic carbocycles. The van der Waals surface area contributed by atoms with E-state index in [1.807, 2.05) is 32.0 Å². The van der Waals surface area contributed by atoms with E-state index in [1.165, 1.54) is 7.11 Å². The number of esters is 1. The zero-order valence-electron chi connectivity index (χ0n) is 17.9. The van der Waals surface area contributed by atoms with Gasteiger partial charge in [0.25, 0.3) is 0 Å². The molecule has 0 bridgehead atoms. The Morgan fingerprint density at radius 2 is 1.83 bits per heavy atom. The third kappa shape index (κ3) is 6.38. The molecular formula is C22H30N4O4. The molecule has 0 heterocycles. The fraction of sp³-hybridized carbons (Fsp3) is 0.364. The first kappa shape index (κ1) is 23.0. The van der Waals surface area contributed by atoms with E-state index in [9.17, 15) is 4.79 Å². The smallest absolute Gasteiger partial charge is 0.332 e. The number of benzene rings is 2. The van der Waals surface area contributed by atoms with Gasteiger partial charge in [-0.15, -0.1) is 0 Å². The van der Waals surface area contributed by atoms with E-state index in [-0.39, 0.29) is 5.84 Å². The standard InChI is InChI=1S/C22H30N4O4/c1-5-29-19-14-16(8-11-18(19)30-13-12-26(2)3)20(22(27)28-4)25-17-9-6-15(7-10-17)21(23)24/h6-11,14,20,25H,5,12-13H2,1-4H3,(H3,23,24). The number of rotatable bonds is 11. The van der Waals surface area contributed by atoms with Gasteiger partial charge in [-0.1, -0.05) is 6.07 Å². The van der Waals surface area contributed by atoms with Gasteiger partial charge in [-0.05, 0) is 63.0 Å². The molecule has 1 atom stereocenters. The van der Waals surface area contributed by atoms with E-state index in [0.29, 0.717) is 41.5 Å². The molecule has 0 spiro atoms. The number of carbonyl (C=O) groups is 1. The van der Waals surface area contributed by atoms with Crippen LogP contribution in [0, 0.1) is 5.41 Å². The number of nitrogens with zero attached hydrogens (tertiary/aromatic N) is 1. The first-order valence-corrected chi connectivity index (χ1v) is 9.68. The molecule has 162 valence electrons. The Morgan fingerprint density at radius 3 is 2.40 bits per heavy atom. The van der Waals surface area contributed by atoms with Crippen LogP contribution in [0.25, 0.3) is 0 Å². The Hall–Kier alpha value is -3.26. The molecule has 0 aliphatic rings. The maximum atomic E-state index is 12.5. The van der Waals surface area contributed by atoms with Crippen LogP contribution in [0.3, 0.4) is 0 Å². The normalized spacial score (nSPS) is 11.6. The number of nitrogen functional groups attached to an aromatic ring is 1. The minimum atomic E-state index is -0.742. The van der Waals surface area contributed by atoms with Gasteiger partial charge in [0.15, 0.2) is 17.5 Å². The minimum Gasteiger partial charge on any atom is -0.490 e. The zero-order valence-corrected chi connectivity index (χ0v) is 17.9. The number of hydrogen-bond donors (Lipinski definition) is 3. The summed E-state index contributed by atoms with van der Waals surface area (Å²) in [4.78, 5) is 14.5. The summed E-state index contributed by atoms with van der Waals surface area (Å²) in [7, 11) is 5.30. The molecule has 2 rings (SSSR count). The largest absolute Gasteiger partial charge is 0.490 e. The third-order valence-electron chi connectivity index (χ3n) is 4.34. The number of nitrogens with one attached hydrogen (secondary N) is 2. The quantitative estimate of drug-likeness (QED) is 0.294. The summed E-state index contributed by atoms with van der Waals surface area (Å²) in [5.41, 5.74) is 7.48. The summed E-state index contributed by atoms with van der Waals surface area (Å²) in [6, 6.07) is 11.6. The topological polar surface area (TPSA) is 110 Å². The van der Waals surface area contributed by atoms with Gasteiger partial charge in [0.1, 0.15) is 12.4 Å². The van der Waals surface area contributed by atoms with Crippen molar-refractivity contribution in [3.05, 3.63) is 53.6 Å². The van der Waals surface area contributed by atoms with Crippen LogP contribution in [0.5, 0.6) is 11.5 Å². The van der Waals surface area contributed by atoms with Crippen molar-refractivity contribution < 1.29 is 19.0 Å². The lowest BCUT2D eigenvalue weighted by Crippen LogP contribution is -2.23. The zero-order chi connectivity index (χ0) is 22.1. The molecule has 8 nitrogen and oxygen atoms in total. The molecule has 0 aliphatic carbocycles. The summed E-state index contributed by atoms with van der Waals surface area (Å²) in [5.74, 6) is 0.736. The number of amidine groups is 1. The molecule has 0 radical (unpaired) electrons. The number of likely N-dealkylation sites (N-methyl/N-ethyl adjacent to an activating group) is 1. The first-order valence-electron chi connectivity index (χ1n) is 9.68. The van der Waals surface area contributed by atoms with Gasteiger partial charge < -0.3 is 30.2 Å². The van der Waals surface area contributed by atoms with Gasteiger partial charge in [-0.3, -0.25) is 5.41 Å². The number of carbonyl (C=O) groups excluding carboxylic acids is 1. The van der Waals surface area contributed by atoms with Crippen LogP contribution in [0.2, 0.25) is 0 Å². The number of nitrogens with two attached hydrogens (primary N) is 1. The van der Waals surface area contributed by atoms with Crippen LogP contribution in [0.1, 0.15) is 24.1 Å². The Bertz CT molecular complexity index is 853. The molecule has 1 unspecified atom stereocenters. The highest BCUT2D eigenvalue weighted by Crippen LogP contribution is 2.32. The van der Waals surface area contributed by atoms with Crippen molar-refractivity contribution in [3.63, 3.8) is 0 Å². The van der Waals surface area contributed by atoms with Crippen molar-refractivity contribution in [3.8, 4) is 11.5 Å². The Kier molecular flexibility index (Phi) is 8.49. The first-order chi connectivity index (χ1) is 14.3. The maximum Gasteiger partial charge on any atom is 0.332 e. The molecule has 30 heavy (non-hydrogen) atoms. The van der Waals surface area contributed by atoms with Gasteiger partial charge in [0.2, 0.25) is 0 Å². The highest BCUT2D eigenvalue weighted by molar-refractivity contribution is 5.95. The molecule has 0 aliphatic heterocycles. The fourth-order valence-electron chi connectivity index (χ4n) is 2.74. The second-order valence-corrected chi connectivity index (χ2v) is 6.88.